The summed E-state index contributed by atoms with van der Waals surface area (Å²) >= 11 is 10.7. The SMILES string of the molecule is C/N=C(\S)c1cn(C2CCC(C3CCN(C(=O)OC(C)(C)C)CC3)C2)c2nc(Cl)nc(N)c12. The van der Waals surface area contributed by atoms with E-state index in [0.717, 1.165) is 61.8 Å². The number of anilines is 1. The van der Waals surface area contributed by atoms with Crippen LogP contribution in [0.4, 0.5) is 10.6 Å². The Bertz CT molecular complexity index is 1070. The van der Waals surface area contributed by atoms with Gasteiger partial charge in [-0.1, -0.05) is 0 Å². The average Bonchev–Trinajstić information content (AvgIpc) is 3.37. The van der Waals surface area contributed by atoms with Crippen LogP contribution < -0.4 is 5.73 Å². The summed E-state index contributed by atoms with van der Waals surface area (Å²) in [5.41, 5.74) is 7.31. The molecule has 1 saturated heterocycles. The molecule has 1 aliphatic carbocycles. The van der Waals surface area contributed by atoms with Crippen molar-refractivity contribution in [3.8, 4) is 0 Å². The molecule has 2 N–H and O–H groups in total. The minimum Gasteiger partial charge on any atom is -0.444 e. The number of nitrogens with zero attached hydrogens (tertiary/aromatic N) is 5. The van der Waals surface area contributed by atoms with Crippen molar-refractivity contribution in [2.24, 2.45) is 16.8 Å². The normalized spacial score (nSPS) is 22.8. The molecule has 0 aromatic carbocycles. The summed E-state index contributed by atoms with van der Waals surface area (Å²) in [4.78, 5) is 27.1. The van der Waals surface area contributed by atoms with Crippen LogP contribution >= 0.6 is 24.2 Å². The van der Waals surface area contributed by atoms with E-state index in [1.165, 1.54) is 0 Å². The number of aliphatic imine (C=N–C) groups is 1. The number of carbonyl (C=O) groups excluding carboxylic acids is 1. The van der Waals surface area contributed by atoms with E-state index in [9.17, 15) is 4.79 Å². The van der Waals surface area contributed by atoms with Gasteiger partial charge in [0, 0.05) is 37.9 Å². The minimum atomic E-state index is -0.462. The summed E-state index contributed by atoms with van der Waals surface area (Å²) in [5.74, 6) is 1.57. The topological polar surface area (TPSA) is 98.6 Å². The van der Waals surface area contributed by atoms with Crippen molar-refractivity contribution in [1.29, 1.82) is 0 Å². The number of likely N-dealkylation sites (tertiary alicyclic amines) is 1. The highest BCUT2D eigenvalue weighted by Crippen LogP contribution is 2.44. The predicted octanol–water partition coefficient (Wildman–Crippen LogP) is 4.96. The molecule has 3 heterocycles. The Kier molecular flexibility index (Phi) is 6.82. The van der Waals surface area contributed by atoms with Crippen molar-refractivity contribution < 1.29 is 9.53 Å². The Morgan fingerprint density at radius 3 is 2.55 bits per heavy atom. The van der Waals surface area contributed by atoms with Gasteiger partial charge >= 0.3 is 6.09 Å². The average molecular weight is 493 g/mol. The summed E-state index contributed by atoms with van der Waals surface area (Å²) in [7, 11) is 1.70. The zero-order chi connectivity index (χ0) is 23.9. The number of nitrogen functional groups attached to an aromatic ring is 1. The molecule has 4 rings (SSSR count). The Morgan fingerprint density at radius 2 is 1.91 bits per heavy atom. The third-order valence-corrected chi connectivity index (χ3v) is 7.43. The van der Waals surface area contributed by atoms with Gasteiger partial charge in [0.15, 0.2) is 0 Å². The van der Waals surface area contributed by atoms with E-state index in [1.807, 2.05) is 31.9 Å². The van der Waals surface area contributed by atoms with E-state index < -0.39 is 5.60 Å². The summed E-state index contributed by atoms with van der Waals surface area (Å²) in [6.45, 7) is 7.23. The highest BCUT2D eigenvalue weighted by atomic mass is 35.5. The molecule has 10 heteroatoms. The van der Waals surface area contributed by atoms with E-state index >= 15 is 0 Å². The first-order valence-corrected chi connectivity index (χ1v) is 12.4. The lowest BCUT2D eigenvalue weighted by Gasteiger charge is -2.35. The van der Waals surface area contributed by atoms with E-state index in [4.69, 9.17) is 22.1 Å². The Hall–Kier alpha value is -2.00. The molecule has 2 aromatic heterocycles. The number of ether oxygens (including phenoxy) is 1. The van der Waals surface area contributed by atoms with Gasteiger partial charge in [-0.3, -0.25) is 4.99 Å². The number of nitrogens with two attached hydrogens (primary N) is 1. The second kappa shape index (κ2) is 9.33. The largest absolute Gasteiger partial charge is 0.444 e. The van der Waals surface area contributed by atoms with E-state index in [-0.39, 0.29) is 11.4 Å². The second-order valence-corrected chi connectivity index (χ2v) is 10.9. The number of thiol groups is 1. The Balaban J connectivity index is 1.47. The fourth-order valence-corrected chi connectivity index (χ4v) is 5.61. The first-order valence-electron chi connectivity index (χ1n) is 11.5. The number of rotatable bonds is 3. The summed E-state index contributed by atoms with van der Waals surface area (Å²) in [6, 6.07) is 0.304. The zero-order valence-electron chi connectivity index (χ0n) is 19.7. The van der Waals surface area contributed by atoms with Gasteiger partial charge in [0.25, 0.3) is 0 Å². The van der Waals surface area contributed by atoms with Crippen molar-refractivity contribution in [3.05, 3.63) is 17.0 Å². The monoisotopic (exact) mass is 492 g/mol. The Labute approximate surface area is 205 Å². The number of aromatic nitrogens is 3. The van der Waals surface area contributed by atoms with Crippen LogP contribution in [0.1, 0.15) is 64.5 Å². The van der Waals surface area contributed by atoms with Crippen LogP contribution in [-0.2, 0) is 4.74 Å². The lowest BCUT2D eigenvalue weighted by Crippen LogP contribution is -2.42. The quantitative estimate of drug-likeness (QED) is 0.273. The lowest BCUT2D eigenvalue weighted by atomic mass is 9.83. The van der Waals surface area contributed by atoms with Crippen molar-refractivity contribution in [1.82, 2.24) is 19.4 Å². The highest BCUT2D eigenvalue weighted by molar-refractivity contribution is 7.97. The van der Waals surface area contributed by atoms with Gasteiger partial charge < -0.3 is 19.9 Å². The second-order valence-electron chi connectivity index (χ2n) is 10.1. The van der Waals surface area contributed by atoms with Gasteiger partial charge in [-0.05, 0) is 76.3 Å². The zero-order valence-corrected chi connectivity index (χ0v) is 21.4. The molecule has 1 aliphatic heterocycles. The third-order valence-electron chi connectivity index (χ3n) is 6.82. The number of piperidine rings is 1. The molecule has 2 atom stereocenters. The van der Waals surface area contributed by atoms with Crippen LogP contribution in [0.3, 0.4) is 0 Å². The van der Waals surface area contributed by atoms with Crippen molar-refractivity contribution >= 4 is 52.2 Å². The molecule has 2 unspecified atom stereocenters. The first kappa shape index (κ1) is 24.1. The summed E-state index contributed by atoms with van der Waals surface area (Å²) in [5, 5.41) is 1.49. The van der Waals surface area contributed by atoms with Gasteiger partial charge in [0.2, 0.25) is 5.28 Å². The molecule has 8 nitrogen and oxygen atoms in total. The number of halogens is 1. The molecule has 0 radical (unpaired) electrons. The van der Waals surface area contributed by atoms with E-state index in [1.54, 1.807) is 7.05 Å². The smallest absolute Gasteiger partial charge is 0.410 e. The molecular formula is C23H33ClN6O2S. The molecule has 2 aliphatic rings. The van der Waals surface area contributed by atoms with Gasteiger partial charge in [-0.2, -0.15) is 4.98 Å². The molecule has 0 bridgehead atoms. The van der Waals surface area contributed by atoms with Crippen LogP contribution in [-0.4, -0.2) is 56.3 Å². The highest BCUT2D eigenvalue weighted by Gasteiger charge is 2.36. The molecule has 2 aromatic rings. The number of amides is 1. The van der Waals surface area contributed by atoms with Crippen LogP contribution in [0, 0.1) is 11.8 Å². The fourth-order valence-electron chi connectivity index (χ4n) is 5.27. The van der Waals surface area contributed by atoms with E-state index in [0.29, 0.717) is 28.7 Å². The standard InChI is InChI=1S/C23H33ClN6O2S/c1-23(2,3)32-22(31)29-9-7-13(8-10-29)14-5-6-15(11-14)30-12-16(20(33)26-4)17-18(25)27-21(24)28-19(17)30/h12-15H,5-11H2,1-4H3,(H,26,33)(H2,25,27,28). The molecular weight excluding hydrogens is 460 g/mol. The molecule has 1 amide bonds. The first-order chi connectivity index (χ1) is 15.6. The number of hydrogen-bond acceptors (Lipinski definition) is 6. The minimum absolute atomic E-state index is 0.143. The van der Waals surface area contributed by atoms with Crippen LogP contribution in [0.25, 0.3) is 11.0 Å². The number of carbonyl (C=O) groups is 1. The van der Waals surface area contributed by atoms with Gasteiger partial charge in [0.05, 0.1) is 10.4 Å². The Morgan fingerprint density at radius 1 is 1.21 bits per heavy atom. The van der Waals surface area contributed by atoms with Gasteiger partial charge in [-0.15, -0.1) is 12.6 Å². The van der Waals surface area contributed by atoms with Crippen molar-refractivity contribution in [2.45, 2.75) is 64.5 Å². The van der Waals surface area contributed by atoms with E-state index in [2.05, 4.69) is 32.2 Å². The van der Waals surface area contributed by atoms with Crippen LogP contribution in [0.15, 0.2) is 11.2 Å². The third kappa shape index (κ3) is 5.09. The predicted molar refractivity (Wildman–Crippen MR) is 135 cm³/mol. The summed E-state index contributed by atoms with van der Waals surface area (Å²) in [6.07, 6.45) is 7.14. The van der Waals surface area contributed by atoms with Gasteiger partial charge in [-0.25, -0.2) is 9.78 Å². The molecule has 33 heavy (non-hydrogen) atoms. The molecule has 180 valence electrons. The lowest BCUT2D eigenvalue weighted by molar-refractivity contribution is 0.0159. The number of hydrogen-bond donors (Lipinski definition) is 2. The molecule has 1 saturated carbocycles. The van der Waals surface area contributed by atoms with Gasteiger partial charge in [0.1, 0.15) is 17.1 Å². The van der Waals surface area contributed by atoms with Crippen molar-refractivity contribution in [2.75, 3.05) is 25.9 Å². The van der Waals surface area contributed by atoms with Crippen LogP contribution in [0.2, 0.25) is 5.28 Å². The van der Waals surface area contributed by atoms with Crippen molar-refractivity contribution in [3.63, 3.8) is 0 Å². The summed E-state index contributed by atoms with van der Waals surface area (Å²) < 4.78 is 7.72. The molecule has 0 spiro atoms. The molecule has 2 fully saturated rings. The maximum Gasteiger partial charge on any atom is 0.410 e. The van der Waals surface area contributed by atoms with Crippen LogP contribution in [0.5, 0.6) is 0 Å². The fraction of sp³-hybridized carbons (Fsp3) is 0.652. The maximum absolute atomic E-state index is 12.4. The number of fused-ring (bicyclic) bond motifs is 1. The maximum atomic E-state index is 12.4.